The Balaban J connectivity index is 2.41. The fraction of sp³-hybridized carbons (Fsp3) is 0.500. The van der Waals surface area contributed by atoms with Crippen LogP contribution >= 0.6 is 23.2 Å². The Bertz CT molecular complexity index is 464. The van der Waals surface area contributed by atoms with E-state index in [0.717, 1.165) is 24.8 Å². The van der Waals surface area contributed by atoms with Crippen molar-refractivity contribution in [3.8, 4) is 6.07 Å². The fourth-order valence-corrected chi connectivity index (χ4v) is 3.07. The molecule has 17 heavy (non-hydrogen) atoms. The van der Waals surface area contributed by atoms with Gasteiger partial charge in [0, 0.05) is 0 Å². The Labute approximate surface area is 112 Å². The number of rotatable bonds is 1. The maximum atomic E-state index is 9.55. The van der Waals surface area contributed by atoms with Crippen LogP contribution in [0.3, 0.4) is 0 Å². The minimum absolute atomic E-state index is 0.369. The van der Waals surface area contributed by atoms with Crippen molar-refractivity contribution in [2.45, 2.75) is 38.0 Å². The van der Waals surface area contributed by atoms with Crippen LogP contribution in [0.5, 0.6) is 0 Å². The molecule has 0 saturated heterocycles. The van der Waals surface area contributed by atoms with Crippen molar-refractivity contribution in [2.24, 2.45) is 5.92 Å². The molecule has 2 rings (SSSR count). The summed E-state index contributed by atoms with van der Waals surface area (Å²) in [5, 5.41) is 10.6. The first-order valence-corrected chi connectivity index (χ1v) is 6.70. The number of halogens is 2. The van der Waals surface area contributed by atoms with E-state index >= 15 is 0 Å². The SMILES string of the molecule is C[C@H]1CCC[C@](C#N)(c2ccc(Cl)c(Cl)c2)C1. The normalized spacial score (nSPS) is 28.7. The molecule has 0 spiro atoms. The summed E-state index contributed by atoms with van der Waals surface area (Å²) >= 11 is 12.0. The Hall–Kier alpha value is -0.710. The van der Waals surface area contributed by atoms with Gasteiger partial charge in [-0.1, -0.05) is 49.0 Å². The predicted molar refractivity (Wildman–Crippen MR) is 71.4 cm³/mol. The van der Waals surface area contributed by atoms with Gasteiger partial charge in [0.05, 0.1) is 21.5 Å². The summed E-state index contributed by atoms with van der Waals surface area (Å²) < 4.78 is 0. The second kappa shape index (κ2) is 4.88. The quantitative estimate of drug-likeness (QED) is 0.705. The zero-order chi connectivity index (χ0) is 12.5. The van der Waals surface area contributed by atoms with Gasteiger partial charge < -0.3 is 0 Å². The second-order valence-corrected chi connectivity index (χ2v) is 5.84. The lowest BCUT2D eigenvalue weighted by Crippen LogP contribution is -2.30. The molecule has 1 nitrogen and oxygen atoms in total. The number of benzene rings is 1. The first-order valence-electron chi connectivity index (χ1n) is 5.94. The number of hydrogen-bond donors (Lipinski definition) is 0. The molecular weight excluding hydrogens is 253 g/mol. The van der Waals surface area contributed by atoms with E-state index in [9.17, 15) is 5.26 Å². The summed E-state index contributed by atoms with van der Waals surface area (Å²) in [4.78, 5) is 0. The van der Waals surface area contributed by atoms with Crippen molar-refractivity contribution in [1.82, 2.24) is 0 Å². The minimum Gasteiger partial charge on any atom is -0.197 e. The molecule has 90 valence electrons. The molecule has 1 fully saturated rings. The lowest BCUT2D eigenvalue weighted by Gasteiger charge is -2.34. The number of nitrogens with zero attached hydrogens (tertiary/aromatic N) is 1. The zero-order valence-corrected chi connectivity index (χ0v) is 11.4. The van der Waals surface area contributed by atoms with E-state index in [1.54, 1.807) is 6.07 Å². The maximum Gasteiger partial charge on any atom is 0.0825 e. The van der Waals surface area contributed by atoms with Crippen LogP contribution in [0.4, 0.5) is 0 Å². The third-order valence-electron chi connectivity index (χ3n) is 3.68. The fourth-order valence-electron chi connectivity index (χ4n) is 2.77. The molecule has 1 aliphatic rings. The predicted octanol–water partition coefficient (Wildman–Crippen LogP) is 4.96. The van der Waals surface area contributed by atoms with Gasteiger partial charge in [-0.3, -0.25) is 0 Å². The largest absolute Gasteiger partial charge is 0.197 e. The summed E-state index contributed by atoms with van der Waals surface area (Å²) in [6.07, 6.45) is 4.16. The molecule has 0 aromatic heterocycles. The lowest BCUT2D eigenvalue weighted by molar-refractivity contribution is 0.287. The highest BCUT2D eigenvalue weighted by Gasteiger charge is 2.37. The Morgan fingerprint density at radius 3 is 2.71 bits per heavy atom. The maximum absolute atomic E-state index is 9.55. The molecule has 1 aromatic carbocycles. The van der Waals surface area contributed by atoms with Crippen LogP contribution in [-0.2, 0) is 5.41 Å². The highest BCUT2D eigenvalue weighted by atomic mass is 35.5. The molecule has 0 unspecified atom stereocenters. The van der Waals surface area contributed by atoms with Crippen LogP contribution in [0.1, 0.15) is 38.2 Å². The molecule has 1 saturated carbocycles. The molecule has 0 aliphatic heterocycles. The molecule has 0 bridgehead atoms. The van der Waals surface area contributed by atoms with E-state index in [-0.39, 0.29) is 5.41 Å². The van der Waals surface area contributed by atoms with Gasteiger partial charge >= 0.3 is 0 Å². The van der Waals surface area contributed by atoms with Crippen molar-refractivity contribution in [3.05, 3.63) is 33.8 Å². The van der Waals surface area contributed by atoms with E-state index in [4.69, 9.17) is 23.2 Å². The van der Waals surface area contributed by atoms with Crippen LogP contribution in [0.25, 0.3) is 0 Å². The third kappa shape index (κ3) is 2.44. The molecule has 1 aromatic rings. The highest BCUT2D eigenvalue weighted by Crippen LogP contribution is 2.42. The van der Waals surface area contributed by atoms with Crippen molar-refractivity contribution in [3.63, 3.8) is 0 Å². The molecule has 0 N–H and O–H groups in total. The molecule has 0 radical (unpaired) electrons. The third-order valence-corrected chi connectivity index (χ3v) is 4.42. The van der Waals surface area contributed by atoms with Gasteiger partial charge in [-0.15, -0.1) is 0 Å². The van der Waals surface area contributed by atoms with Crippen molar-refractivity contribution < 1.29 is 0 Å². The van der Waals surface area contributed by atoms with E-state index in [1.807, 2.05) is 12.1 Å². The van der Waals surface area contributed by atoms with Gasteiger partial charge in [-0.05, 0) is 36.5 Å². The average molecular weight is 268 g/mol. The Morgan fingerprint density at radius 1 is 1.35 bits per heavy atom. The van der Waals surface area contributed by atoms with E-state index in [0.29, 0.717) is 16.0 Å². The number of nitriles is 1. The van der Waals surface area contributed by atoms with Gasteiger partial charge in [0.1, 0.15) is 0 Å². The zero-order valence-electron chi connectivity index (χ0n) is 9.84. The summed E-state index contributed by atoms with van der Waals surface area (Å²) in [6.45, 7) is 2.21. The minimum atomic E-state index is -0.369. The van der Waals surface area contributed by atoms with Gasteiger partial charge in [0.2, 0.25) is 0 Å². The molecule has 1 aliphatic carbocycles. The molecular formula is C14H15Cl2N. The Kier molecular flexibility index (Phi) is 3.66. The van der Waals surface area contributed by atoms with E-state index in [2.05, 4.69) is 13.0 Å². The Morgan fingerprint density at radius 2 is 2.12 bits per heavy atom. The van der Waals surface area contributed by atoms with Crippen LogP contribution in [-0.4, -0.2) is 0 Å². The van der Waals surface area contributed by atoms with Crippen LogP contribution in [0.15, 0.2) is 18.2 Å². The van der Waals surface area contributed by atoms with Gasteiger partial charge in [0.15, 0.2) is 0 Å². The molecule has 3 heteroatoms. The summed E-state index contributed by atoms with van der Waals surface area (Å²) in [6, 6.07) is 8.09. The standard InChI is InChI=1S/C14H15Cl2N/c1-10-3-2-6-14(8-10,9-17)11-4-5-12(15)13(16)7-11/h4-5,7,10H,2-3,6,8H2,1H3/t10-,14-/m0/s1. The monoisotopic (exact) mass is 267 g/mol. The summed E-state index contributed by atoms with van der Waals surface area (Å²) in [7, 11) is 0. The lowest BCUT2D eigenvalue weighted by atomic mass is 9.67. The van der Waals surface area contributed by atoms with Crippen LogP contribution < -0.4 is 0 Å². The first-order chi connectivity index (χ1) is 8.07. The van der Waals surface area contributed by atoms with Crippen LogP contribution in [0.2, 0.25) is 10.0 Å². The topological polar surface area (TPSA) is 23.8 Å². The summed E-state index contributed by atoms with van der Waals surface area (Å²) in [5.74, 6) is 0.595. The molecule has 2 atom stereocenters. The van der Waals surface area contributed by atoms with Crippen LogP contribution in [0, 0.1) is 17.2 Å². The van der Waals surface area contributed by atoms with Gasteiger partial charge in [-0.25, -0.2) is 0 Å². The second-order valence-electron chi connectivity index (χ2n) is 5.02. The molecule has 0 amide bonds. The van der Waals surface area contributed by atoms with E-state index in [1.165, 1.54) is 6.42 Å². The summed E-state index contributed by atoms with van der Waals surface area (Å²) in [5.41, 5.74) is 0.646. The van der Waals surface area contributed by atoms with E-state index < -0.39 is 0 Å². The molecule has 0 heterocycles. The average Bonchev–Trinajstić information content (AvgIpc) is 2.32. The van der Waals surface area contributed by atoms with Gasteiger partial charge in [-0.2, -0.15) is 5.26 Å². The van der Waals surface area contributed by atoms with Crippen molar-refractivity contribution >= 4 is 23.2 Å². The van der Waals surface area contributed by atoms with Crippen molar-refractivity contribution in [2.75, 3.05) is 0 Å². The van der Waals surface area contributed by atoms with Gasteiger partial charge in [0.25, 0.3) is 0 Å². The first kappa shape index (κ1) is 12.7. The number of hydrogen-bond acceptors (Lipinski definition) is 1. The van der Waals surface area contributed by atoms with Crippen molar-refractivity contribution in [1.29, 1.82) is 5.26 Å². The highest BCUT2D eigenvalue weighted by molar-refractivity contribution is 6.42. The smallest absolute Gasteiger partial charge is 0.0825 e.